The fourth-order valence-corrected chi connectivity index (χ4v) is 1.20. The number of halogens is 1. The van der Waals surface area contributed by atoms with Crippen LogP contribution in [0.3, 0.4) is 0 Å². The molecule has 0 aliphatic heterocycles. The molecule has 0 heterocycles. The van der Waals surface area contributed by atoms with Crippen LogP contribution in [0.1, 0.15) is 5.56 Å². The molecule has 0 saturated carbocycles. The summed E-state index contributed by atoms with van der Waals surface area (Å²) in [6.07, 6.45) is 0. The number of esters is 1. The number of likely N-dealkylation sites (N-methyl/N-ethyl adjacent to an activating group) is 1. The molecule has 0 unspecified atom stereocenters. The van der Waals surface area contributed by atoms with Gasteiger partial charge in [0.25, 0.3) is 0 Å². The van der Waals surface area contributed by atoms with Gasteiger partial charge in [0.15, 0.2) is 0 Å². The normalized spacial score (nSPS) is 9.86. The van der Waals surface area contributed by atoms with E-state index >= 15 is 0 Å². The van der Waals surface area contributed by atoms with E-state index in [-0.39, 0.29) is 19.1 Å². The van der Waals surface area contributed by atoms with Crippen LogP contribution in [0.4, 0.5) is 0 Å². The van der Waals surface area contributed by atoms with Gasteiger partial charge < -0.3 is 10.1 Å². The van der Waals surface area contributed by atoms with Crippen LogP contribution in [-0.4, -0.2) is 19.6 Å². The van der Waals surface area contributed by atoms with E-state index in [1.54, 1.807) is 19.2 Å². The van der Waals surface area contributed by atoms with Crippen molar-refractivity contribution in [3.8, 4) is 0 Å². The number of ether oxygens (including phenoxy) is 1. The van der Waals surface area contributed by atoms with Gasteiger partial charge in [-0.15, -0.1) is 0 Å². The minimum Gasteiger partial charge on any atom is -0.460 e. The number of carbonyl (C=O) groups is 1. The molecule has 0 amide bonds. The second kappa shape index (κ2) is 5.62. The summed E-state index contributed by atoms with van der Waals surface area (Å²) in [5, 5.41) is 3.36. The Labute approximate surface area is 88.0 Å². The second-order valence-corrected chi connectivity index (χ2v) is 3.26. The minimum atomic E-state index is -0.271. The predicted octanol–water partition coefficient (Wildman–Crippen LogP) is 1.60. The first-order valence-electron chi connectivity index (χ1n) is 4.27. The third-order valence-corrected chi connectivity index (χ3v) is 1.85. The van der Waals surface area contributed by atoms with Gasteiger partial charge in [-0.05, 0) is 24.7 Å². The van der Waals surface area contributed by atoms with Gasteiger partial charge in [-0.1, -0.05) is 23.7 Å². The molecule has 14 heavy (non-hydrogen) atoms. The Morgan fingerprint density at radius 2 is 2.36 bits per heavy atom. The zero-order valence-corrected chi connectivity index (χ0v) is 8.67. The van der Waals surface area contributed by atoms with Crippen LogP contribution >= 0.6 is 11.6 Å². The second-order valence-electron chi connectivity index (χ2n) is 2.82. The smallest absolute Gasteiger partial charge is 0.320 e. The van der Waals surface area contributed by atoms with Crippen LogP contribution in [0.2, 0.25) is 5.02 Å². The zero-order chi connectivity index (χ0) is 10.4. The molecule has 0 saturated heterocycles. The highest BCUT2D eigenvalue weighted by Crippen LogP contribution is 2.11. The lowest BCUT2D eigenvalue weighted by Crippen LogP contribution is -2.20. The summed E-state index contributed by atoms with van der Waals surface area (Å²) < 4.78 is 4.96. The molecule has 0 spiro atoms. The maximum absolute atomic E-state index is 11.0. The predicted molar refractivity (Wildman–Crippen MR) is 55.2 cm³/mol. The van der Waals surface area contributed by atoms with Gasteiger partial charge in [0.2, 0.25) is 0 Å². The lowest BCUT2D eigenvalue weighted by atomic mass is 10.2. The van der Waals surface area contributed by atoms with Gasteiger partial charge in [-0.25, -0.2) is 0 Å². The van der Waals surface area contributed by atoms with E-state index in [0.717, 1.165) is 5.56 Å². The molecule has 4 heteroatoms. The van der Waals surface area contributed by atoms with Crippen LogP contribution in [-0.2, 0) is 16.1 Å². The minimum absolute atomic E-state index is 0.223. The van der Waals surface area contributed by atoms with Crippen molar-refractivity contribution in [1.82, 2.24) is 5.32 Å². The van der Waals surface area contributed by atoms with E-state index in [2.05, 4.69) is 5.32 Å². The number of nitrogens with one attached hydrogen (secondary N) is 1. The lowest BCUT2D eigenvalue weighted by Gasteiger charge is -2.04. The average Bonchev–Trinajstić information content (AvgIpc) is 2.15. The fraction of sp³-hybridized carbons (Fsp3) is 0.300. The van der Waals surface area contributed by atoms with E-state index in [4.69, 9.17) is 16.3 Å². The molecular weight excluding hydrogens is 202 g/mol. The number of hydrogen-bond acceptors (Lipinski definition) is 3. The van der Waals surface area contributed by atoms with Crippen molar-refractivity contribution in [2.45, 2.75) is 6.61 Å². The zero-order valence-electron chi connectivity index (χ0n) is 7.92. The third kappa shape index (κ3) is 3.77. The topological polar surface area (TPSA) is 38.3 Å². The SMILES string of the molecule is CNCC(=O)OCc1cccc(Cl)c1. The molecule has 0 atom stereocenters. The molecule has 1 rings (SSSR count). The van der Waals surface area contributed by atoms with Crippen molar-refractivity contribution in [3.05, 3.63) is 34.9 Å². The maximum Gasteiger partial charge on any atom is 0.320 e. The molecule has 1 aromatic rings. The summed E-state index contributed by atoms with van der Waals surface area (Å²) in [4.78, 5) is 11.0. The Kier molecular flexibility index (Phi) is 4.43. The van der Waals surface area contributed by atoms with Gasteiger partial charge >= 0.3 is 5.97 Å². The van der Waals surface area contributed by atoms with Gasteiger partial charge in [-0.2, -0.15) is 0 Å². The molecule has 0 aromatic heterocycles. The Hall–Kier alpha value is -1.06. The molecule has 0 bridgehead atoms. The van der Waals surface area contributed by atoms with Gasteiger partial charge in [0.1, 0.15) is 6.61 Å². The molecule has 0 aliphatic rings. The Morgan fingerprint density at radius 3 is 3.00 bits per heavy atom. The van der Waals surface area contributed by atoms with Crippen molar-refractivity contribution < 1.29 is 9.53 Å². The Balaban J connectivity index is 2.41. The van der Waals surface area contributed by atoms with Crippen LogP contribution in [0, 0.1) is 0 Å². The van der Waals surface area contributed by atoms with Crippen LogP contribution in [0.5, 0.6) is 0 Å². The summed E-state index contributed by atoms with van der Waals surface area (Å²) in [5.41, 5.74) is 0.891. The van der Waals surface area contributed by atoms with E-state index < -0.39 is 0 Å². The monoisotopic (exact) mass is 213 g/mol. The quantitative estimate of drug-likeness (QED) is 0.773. The summed E-state index contributed by atoms with van der Waals surface area (Å²) in [7, 11) is 1.70. The lowest BCUT2D eigenvalue weighted by molar-refractivity contribution is -0.143. The first kappa shape index (κ1) is 11.0. The van der Waals surface area contributed by atoms with Gasteiger partial charge in [-0.3, -0.25) is 4.79 Å². The molecule has 0 radical (unpaired) electrons. The van der Waals surface area contributed by atoms with Crippen molar-refractivity contribution in [2.75, 3.05) is 13.6 Å². The van der Waals surface area contributed by atoms with Crippen molar-refractivity contribution in [1.29, 1.82) is 0 Å². The Morgan fingerprint density at radius 1 is 1.57 bits per heavy atom. The van der Waals surface area contributed by atoms with Crippen LogP contribution in [0.25, 0.3) is 0 Å². The largest absolute Gasteiger partial charge is 0.460 e. The molecular formula is C10H12ClNO2. The summed E-state index contributed by atoms with van der Waals surface area (Å²) >= 11 is 5.77. The van der Waals surface area contributed by atoms with Gasteiger partial charge in [0, 0.05) is 5.02 Å². The highest BCUT2D eigenvalue weighted by Gasteiger charge is 2.01. The van der Waals surface area contributed by atoms with E-state index in [9.17, 15) is 4.79 Å². The standard InChI is InChI=1S/C10H12ClNO2/c1-12-6-10(13)14-7-8-3-2-4-9(11)5-8/h2-5,12H,6-7H2,1H3. The highest BCUT2D eigenvalue weighted by molar-refractivity contribution is 6.30. The first-order valence-corrected chi connectivity index (χ1v) is 4.65. The average molecular weight is 214 g/mol. The highest BCUT2D eigenvalue weighted by atomic mass is 35.5. The summed E-state index contributed by atoms with van der Waals surface area (Å²) in [6, 6.07) is 7.23. The molecule has 1 aromatic carbocycles. The number of benzene rings is 1. The maximum atomic E-state index is 11.0. The van der Waals surface area contributed by atoms with Crippen LogP contribution < -0.4 is 5.32 Å². The Bertz CT molecular complexity index is 315. The number of hydrogen-bond donors (Lipinski definition) is 1. The molecule has 1 N–H and O–H groups in total. The van der Waals surface area contributed by atoms with E-state index in [1.807, 2.05) is 12.1 Å². The first-order chi connectivity index (χ1) is 6.72. The van der Waals surface area contributed by atoms with E-state index in [0.29, 0.717) is 5.02 Å². The fourth-order valence-electron chi connectivity index (χ4n) is 0.986. The van der Waals surface area contributed by atoms with Gasteiger partial charge in [0.05, 0.1) is 6.54 Å². The molecule has 76 valence electrons. The van der Waals surface area contributed by atoms with Crippen molar-refractivity contribution in [2.24, 2.45) is 0 Å². The summed E-state index contributed by atoms with van der Waals surface area (Å²) in [6.45, 7) is 0.488. The molecule has 3 nitrogen and oxygen atoms in total. The number of rotatable bonds is 4. The number of carbonyl (C=O) groups excluding carboxylic acids is 1. The molecule has 0 aliphatic carbocycles. The molecule has 0 fully saturated rings. The van der Waals surface area contributed by atoms with E-state index in [1.165, 1.54) is 0 Å². The van der Waals surface area contributed by atoms with Crippen molar-refractivity contribution in [3.63, 3.8) is 0 Å². The van der Waals surface area contributed by atoms with Crippen molar-refractivity contribution >= 4 is 17.6 Å². The van der Waals surface area contributed by atoms with Crippen LogP contribution in [0.15, 0.2) is 24.3 Å². The summed E-state index contributed by atoms with van der Waals surface area (Å²) in [5.74, 6) is -0.271. The third-order valence-electron chi connectivity index (χ3n) is 1.61.